The minimum Gasteiger partial charge on any atom is -0.493 e. The van der Waals surface area contributed by atoms with Crippen LogP contribution in [-0.4, -0.2) is 21.3 Å². The zero-order valence-corrected chi connectivity index (χ0v) is 11.6. The number of thiophene rings is 1. The molecule has 0 fully saturated rings. The fraction of sp³-hybridized carbons (Fsp3) is 0.286. The minimum absolute atomic E-state index is 0.185. The Balaban J connectivity index is 2.37. The number of methoxy groups -OCH3 is 2. The van der Waals surface area contributed by atoms with Gasteiger partial charge in [-0.15, -0.1) is 11.3 Å². The van der Waals surface area contributed by atoms with Crippen molar-refractivity contribution in [3.05, 3.63) is 46.2 Å². The van der Waals surface area contributed by atoms with Crippen molar-refractivity contribution in [2.75, 3.05) is 21.3 Å². The lowest BCUT2D eigenvalue weighted by Crippen LogP contribution is -2.16. The Labute approximate surface area is 111 Å². The molecule has 0 radical (unpaired) electrons. The molecule has 0 saturated heterocycles. The Bertz CT molecular complexity index is 497. The highest BCUT2D eigenvalue weighted by molar-refractivity contribution is 7.10. The molecule has 2 aromatic rings. The van der Waals surface area contributed by atoms with Gasteiger partial charge in [0, 0.05) is 4.88 Å². The third-order valence-corrected chi connectivity index (χ3v) is 3.79. The molecule has 1 aromatic heterocycles. The van der Waals surface area contributed by atoms with Gasteiger partial charge in [-0.2, -0.15) is 0 Å². The lowest BCUT2D eigenvalue weighted by atomic mass is 10.0. The molecule has 1 heterocycles. The van der Waals surface area contributed by atoms with Crippen molar-refractivity contribution in [2.45, 2.75) is 6.04 Å². The van der Waals surface area contributed by atoms with Crippen LogP contribution in [0.1, 0.15) is 16.5 Å². The van der Waals surface area contributed by atoms with E-state index in [1.165, 1.54) is 4.88 Å². The monoisotopic (exact) mass is 263 g/mol. The summed E-state index contributed by atoms with van der Waals surface area (Å²) < 4.78 is 10.6. The molecule has 1 aromatic carbocycles. The molecule has 0 saturated carbocycles. The van der Waals surface area contributed by atoms with Gasteiger partial charge in [0.15, 0.2) is 11.5 Å². The highest BCUT2D eigenvalue weighted by atomic mass is 32.1. The predicted molar refractivity (Wildman–Crippen MR) is 74.8 cm³/mol. The van der Waals surface area contributed by atoms with E-state index in [2.05, 4.69) is 28.9 Å². The van der Waals surface area contributed by atoms with Crippen LogP contribution in [0.5, 0.6) is 11.5 Å². The van der Waals surface area contributed by atoms with Crippen LogP contribution in [0.4, 0.5) is 0 Å². The zero-order valence-electron chi connectivity index (χ0n) is 10.8. The summed E-state index contributed by atoms with van der Waals surface area (Å²) >= 11 is 1.74. The summed E-state index contributed by atoms with van der Waals surface area (Å²) in [6, 6.07) is 10.4. The first-order valence-electron chi connectivity index (χ1n) is 5.72. The van der Waals surface area contributed by atoms with Crippen molar-refractivity contribution in [3.63, 3.8) is 0 Å². The van der Waals surface area contributed by atoms with Crippen LogP contribution >= 0.6 is 11.3 Å². The molecule has 0 aliphatic carbocycles. The van der Waals surface area contributed by atoms with Crippen molar-refractivity contribution in [1.82, 2.24) is 5.32 Å². The smallest absolute Gasteiger partial charge is 0.161 e. The summed E-state index contributed by atoms with van der Waals surface area (Å²) in [5.41, 5.74) is 1.16. The predicted octanol–water partition coefficient (Wildman–Crippen LogP) is 3.07. The molecular formula is C14H17NO2S. The molecule has 96 valence electrons. The van der Waals surface area contributed by atoms with Crippen LogP contribution < -0.4 is 14.8 Å². The normalized spacial score (nSPS) is 12.2. The molecule has 0 bridgehead atoms. The first kappa shape index (κ1) is 12.9. The highest BCUT2D eigenvalue weighted by Crippen LogP contribution is 2.33. The van der Waals surface area contributed by atoms with E-state index in [9.17, 15) is 0 Å². The van der Waals surface area contributed by atoms with Crippen molar-refractivity contribution >= 4 is 11.3 Å². The van der Waals surface area contributed by atoms with E-state index in [-0.39, 0.29) is 6.04 Å². The number of nitrogens with one attached hydrogen (secondary N) is 1. The van der Waals surface area contributed by atoms with E-state index in [0.29, 0.717) is 0 Å². The van der Waals surface area contributed by atoms with E-state index in [1.807, 2.05) is 19.2 Å². The number of hydrogen-bond donors (Lipinski definition) is 1. The maximum absolute atomic E-state index is 5.34. The lowest BCUT2D eigenvalue weighted by Gasteiger charge is -2.17. The fourth-order valence-electron chi connectivity index (χ4n) is 1.96. The van der Waals surface area contributed by atoms with Crippen LogP contribution in [0.15, 0.2) is 35.7 Å². The Morgan fingerprint density at radius 2 is 1.89 bits per heavy atom. The summed E-state index contributed by atoms with van der Waals surface area (Å²) in [6.07, 6.45) is 0. The zero-order chi connectivity index (χ0) is 13.0. The minimum atomic E-state index is 0.185. The quantitative estimate of drug-likeness (QED) is 0.899. The van der Waals surface area contributed by atoms with E-state index >= 15 is 0 Å². The van der Waals surface area contributed by atoms with Gasteiger partial charge in [-0.25, -0.2) is 0 Å². The highest BCUT2D eigenvalue weighted by Gasteiger charge is 2.15. The Hall–Kier alpha value is -1.52. The fourth-order valence-corrected chi connectivity index (χ4v) is 2.82. The van der Waals surface area contributed by atoms with Crippen molar-refractivity contribution in [1.29, 1.82) is 0 Å². The second-order valence-corrected chi connectivity index (χ2v) is 4.83. The van der Waals surface area contributed by atoms with E-state index < -0.39 is 0 Å². The average Bonchev–Trinajstić information content (AvgIpc) is 2.93. The summed E-state index contributed by atoms with van der Waals surface area (Å²) in [7, 11) is 5.26. The molecule has 0 amide bonds. The topological polar surface area (TPSA) is 30.5 Å². The van der Waals surface area contributed by atoms with Gasteiger partial charge in [-0.3, -0.25) is 0 Å². The molecule has 18 heavy (non-hydrogen) atoms. The van der Waals surface area contributed by atoms with Gasteiger partial charge in [-0.05, 0) is 36.2 Å². The average molecular weight is 263 g/mol. The van der Waals surface area contributed by atoms with Crippen LogP contribution in [0.2, 0.25) is 0 Å². The van der Waals surface area contributed by atoms with Gasteiger partial charge in [0.1, 0.15) is 0 Å². The maximum Gasteiger partial charge on any atom is 0.161 e. The molecule has 1 unspecified atom stereocenters. The van der Waals surface area contributed by atoms with Crippen LogP contribution in [-0.2, 0) is 0 Å². The number of benzene rings is 1. The molecular weight excluding hydrogens is 246 g/mol. The molecule has 0 aliphatic heterocycles. The molecule has 1 N–H and O–H groups in total. The summed E-state index contributed by atoms with van der Waals surface area (Å²) in [5, 5.41) is 5.41. The van der Waals surface area contributed by atoms with Crippen molar-refractivity contribution in [2.24, 2.45) is 0 Å². The maximum atomic E-state index is 5.34. The number of ether oxygens (including phenoxy) is 2. The van der Waals surface area contributed by atoms with Crippen LogP contribution in [0.25, 0.3) is 0 Å². The SMILES string of the molecule is CNC(c1ccc(OC)c(OC)c1)c1cccs1. The van der Waals surface area contributed by atoms with Crippen molar-refractivity contribution in [3.8, 4) is 11.5 Å². The van der Waals surface area contributed by atoms with Gasteiger partial charge < -0.3 is 14.8 Å². The summed E-state index contributed by atoms with van der Waals surface area (Å²) in [5.74, 6) is 1.51. The van der Waals surface area contributed by atoms with E-state index in [4.69, 9.17) is 9.47 Å². The standard InChI is InChI=1S/C14H17NO2S/c1-15-14(13-5-4-8-18-13)10-6-7-11(16-2)12(9-10)17-3/h4-9,14-15H,1-3H3. The van der Waals surface area contributed by atoms with Gasteiger partial charge >= 0.3 is 0 Å². The van der Waals surface area contributed by atoms with Gasteiger partial charge in [0.05, 0.1) is 20.3 Å². The van der Waals surface area contributed by atoms with Crippen LogP contribution in [0.3, 0.4) is 0 Å². The molecule has 0 aliphatic rings. The number of hydrogen-bond acceptors (Lipinski definition) is 4. The van der Waals surface area contributed by atoms with Crippen molar-refractivity contribution < 1.29 is 9.47 Å². The third-order valence-electron chi connectivity index (χ3n) is 2.86. The first-order valence-corrected chi connectivity index (χ1v) is 6.60. The van der Waals surface area contributed by atoms with Gasteiger partial charge in [-0.1, -0.05) is 12.1 Å². The number of rotatable bonds is 5. The molecule has 2 rings (SSSR count). The molecule has 0 spiro atoms. The molecule has 3 nitrogen and oxygen atoms in total. The molecule has 4 heteroatoms. The second-order valence-electron chi connectivity index (χ2n) is 3.85. The van der Waals surface area contributed by atoms with Gasteiger partial charge in [0.2, 0.25) is 0 Å². The second kappa shape index (κ2) is 5.89. The van der Waals surface area contributed by atoms with E-state index in [1.54, 1.807) is 25.6 Å². The summed E-state index contributed by atoms with van der Waals surface area (Å²) in [6.45, 7) is 0. The third kappa shape index (κ3) is 2.49. The summed E-state index contributed by atoms with van der Waals surface area (Å²) in [4.78, 5) is 1.28. The lowest BCUT2D eigenvalue weighted by molar-refractivity contribution is 0.354. The first-order chi connectivity index (χ1) is 8.80. The Kier molecular flexibility index (Phi) is 4.23. The van der Waals surface area contributed by atoms with Crippen LogP contribution in [0, 0.1) is 0 Å². The molecule has 1 atom stereocenters. The van der Waals surface area contributed by atoms with Gasteiger partial charge in [0.25, 0.3) is 0 Å². The Morgan fingerprint density at radius 3 is 2.44 bits per heavy atom. The largest absolute Gasteiger partial charge is 0.493 e. The van der Waals surface area contributed by atoms with E-state index in [0.717, 1.165) is 17.1 Å². The Morgan fingerprint density at radius 1 is 1.11 bits per heavy atom.